The number of halogens is 4. The zero-order valence-electron chi connectivity index (χ0n) is 17.8. The zero-order valence-corrected chi connectivity index (χ0v) is 18.5. The maximum Gasteiger partial charge on any atom is 0.323 e. The Labute approximate surface area is 197 Å². The van der Waals surface area contributed by atoms with Crippen molar-refractivity contribution in [1.29, 1.82) is 0 Å². The molecule has 0 bridgehead atoms. The minimum absolute atomic E-state index is 0.0665. The lowest BCUT2D eigenvalue weighted by Gasteiger charge is -2.25. The lowest BCUT2D eigenvalue weighted by Crippen LogP contribution is -2.45. The van der Waals surface area contributed by atoms with Crippen molar-refractivity contribution in [2.75, 3.05) is 6.54 Å². The Kier molecular flexibility index (Phi) is 6.52. The van der Waals surface area contributed by atoms with Gasteiger partial charge in [0.05, 0.1) is 25.0 Å². The number of amides is 3. The molecule has 2 aromatic carbocycles. The molecule has 2 heterocycles. The molecule has 1 aromatic heterocycles. The molecule has 11 heteroatoms. The van der Waals surface area contributed by atoms with Crippen molar-refractivity contribution in [3.63, 3.8) is 0 Å². The topological polar surface area (TPSA) is 88.6 Å². The van der Waals surface area contributed by atoms with Crippen molar-refractivity contribution in [2.45, 2.75) is 31.6 Å². The summed E-state index contributed by atoms with van der Waals surface area (Å²) in [6.07, 6.45) is -0.929. The normalized spacial score (nSPS) is 17.8. The van der Waals surface area contributed by atoms with E-state index in [1.165, 1.54) is 18.3 Å². The lowest BCUT2D eigenvalue weighted by atomic mass is 10.1. The summed E-state index contributed by atoms with van der Waals surface area (Å²) < 4.78 is 43.8. The first kappa shape index (κ1) is 23.6. The largest absolute Gasteiger partial charge is 0.351 e. The number of fused-ring (bicyclic) bond motifs is 1. The van der Waals surface area contributed by atoms with Crippen LogP contribution in [0.25, 0.3) is 10.9 Å². The molecule has 0 radical (unpaired) electrons. The van der Waals surface area contributed by atoms with Gasteiger partial charge in [0.1, 0.15) is 18.0 Å². The van der Waals surface area contributed by atoms with Gasteiger partial charge in [-0.05, 0) is 41.5 Å². The number of benzene rings is 2. The van der Waals surface area contributed by atoms with Gasteiger partial charge in [0.25, 0.3) is 5.91 Å². The third-order valence-corrected chi connectivity index (χ3v) is 5.97. The highest BCUT2D eigenvalue weighted by atomic mass is 35.5. The minimum atomic E-state index is -1.51. The van der Waals surface area contributed by atoms with Gasteiger partial charge in [-0.15, -0.1) is 0 Å². The Balaban J connectivity index is 1.55. The molecule has 1 fully saturated rings. The van der Waals surface area contributed by atoms with Crippen molar-refractivity contribution in [3.8, 4) is 0 Å². The Morgan fingerprint density at radius 1 is 1.18 bits per heavy atom. The number of alkyl halides is 1. The summed E-state index contributed by atoms with van der Waals surface area (Å²) in [7, 11) is 0. The second-order valence-corrected chi connectivity index (χ2v) is 8.52. The van der Waals surface area contributed by atoms with Crippen LogP contribution in [0.2, 0.25) is 5.02 Å². The van der Waals surface area contributed by atoms with Crippen molar-refractivity contribution in [1.82, 2.24) is 14.6 Å². The first-order chi connectivity index (χ1) is 16.1. The summed E-state index contributed by atoms with van der Waals surface area (Å²) in [6.45, 7) is -0.802. The van der Waals surface area contributed by atoms with Gasteiger partial charge in [-0.2, -0.15) is 5.12 Å². The number of likely N-dealkylation sites (tertiary alicyclic amines) is 1. The zero-order chi connectivity index (χ0) is 24.6. The van der Waals surface area contributed by atoms with Gasteiger partial charge in [-0.3, -0.25) is 14.2 Å². The fourth-order valence-corrected chi connectivity index (χ4v) is 4.40. The highest BCUT2D eigenvalue weighted by Gasteiger charge is 2.42. The second kappa shape index (κ2) is 9.38. The summed E-state index contributed by atoms with van der Waals surface area (Å²) in [5, 5.41) is 0.577. The molecule has 1 aliphatic heterocycles. The van der Waals surface area contributed by atoms with E-state index >= 15 is 0 Å². The van der Waals surface area contributed by atoms with Crippen LogP contribution in [0, 0.1) is 5.82 Å². The van der Waals surface area contributed by atoms with Crippen LogP contribution in [0.5, 0.6) is 0 Å². The van der Waals surface area contributed by atoms with E-state index in [-0.39, 0.29) is 35.5 Å². The molecule has 2 N–H and O–H groups in total. The molecule has 7 nitrogen and oxygen atoms in total. The average molecular weight is 493 g/mol. The van der Waals surface area contributed by atoms with Crippen LogP contribution in [0.3, 0.4) is 0 Å². The predicted molar refractivity (Wildman–Crippen MR) is 119 cm³/mol. The van der Waals surface area contributed by atoms with Crippen molar-refractivity contribution < 1.29 is 27.6 Å². The predicted octanol–water partition coefficient (Wildman–Crippen LogP) is 3.76. The van der Waals surface area contributed by atoms with Crippen LogP contribution in [0.15, 0.2) is 48.7 Å². The molecular formula is C23H20ClF3N4O3. The van der Waals surface area contributed by atoms with E-state index < -0.39 is 42.4 Å². The number of hydrogen-bond donors (Lipinski definition) is 1. The van der Waals surface area contributed by atoms with Gasteiger partial charge in [-0.1, -0.05) is 28.2 Å². The van der Waals surface area contributed by atoms with E-state index in [9.17, 15) is 27.6 Å². The molecule has 4 rings (SSSR count). The van der Waals surface area contributed by atoms with Gasteiger partial charge in [0.15, 0.2) is 0 Å². The van der Waals surface area contributed by atoms with Gasteiger partial charge in [0.2, 0.25) is 5.91 Å². The first-order valence-electron chi connectivity index (χ1n) is 10.4. The molecule has 3 amide bonds. The number of nitrogens with two attached hydrogens (primary N) is 1. The van der Waals surface area contributed by atoms with Crippen LogP contribution < -0.4 is 5.73 Å². The third kappa shape index (κ3) is 4.72. The molecule has 0 spiro atoms. The fraction of sp³-hybridized carbons (Fsp3) is 0.261. The molecule has 0 saturated carbocycles. The number of rotatable bonds is 5. The number of aromatic nitrogens is 1. The molecule has 34 heavy (non-hydrogen) atoms. The van der Waals surface area contributed by atoms with Gasteiger partial charge in [-0.25, -0.2) is 13.6 Å². The van der Waals surface area contributed by atoms with Crippen molar-refractivity contribution in [2.24, 2.45) is 5.73 Å². The molecule has 178 valence electrons. The summed E-state index contributed by atoms with van der Waals surface area (Å²) in [5.41, 5.74) is 6.35. The minimum Gasteiger partial charge on any atom is -0.351 e. The van der Waals surface area contributed by atoms with Gasteiger partial charge in [0, 0.05) is 23.0 Å². The van der Waals surface area contributed by atoms with Crippen molar-refractivity contribution in [3.05, 3.63) is 70.6 Å². The molecule has 1 aliphatic rings. The molecule has 0 aliphatic carbocycles. The molecule has 1 saturated heterocycles. The highest BCUT2D eigenvalue weighted by molar-refractivity contribution is 6.30. The van der Waals surface area contributed by atoms with Crippen LogP contribution in [-0.2, 0) is 22.6 Å². The van der Waals surface area contributed by atoms with Crippen LogP contribution in [0.1, 0.15) is 17.5 Å². The molecule has 0 unspecified atom stereocenters. The Bertz CT molecular complexity index is 1280. The number of carbonyl (C=O) groups excluding carboxylic acids is 3. The smallest absolute Gasteiger partial charge is 0.323 e. The maximum absolute atomic E-state index is 14.7. The molecule has 2 atom stereocenters. The molecule has 3 aromatic rings. The van der Waals surface area contributed by atoms with Gasteiger partial charge >= 0.3 is 6.03 Å². The number of carbonyl (C=O) groups is 3. The fourth-order valence-electron chi connectivity index (χ4n) is 4.19. The van der Waals surface area contributed by atoms with E-state index in [0.29, 0.717) is 16.1 Å². The van der Waals surface area contributed by atoms with Crippen LogP contribution in [-0.4, -0.2) is 51.2 Å². The second-order valence-electron chi connectivity index (χ2n) is 8.08. The van der Waals surface area contributed by atoms with Crippen LogP contribution >= 0.6 is 11.6 Å². The molecular weight excluding hydrogens is 473 g/mol. The standard InChI is InChI=1S/C23H20ClF3N4O3/c24-15-3-1-2-13(6-15)10-31(27)22(33)20-9-17(26)12-29(20)21(32)7-14-11-30(23(28)34)19-5-4-16(25)8-18(14)19/h1-6,8,11,17,20H,7,9-10,12H2,(H2,28,34)/t17-,20+/m1/s1. The average Bonchev–Trinajstić information content (AvgIpc) is 3.34. The quantitative estimate of drug-likeness (QED) is 0.550. The monoisotopic (exact) mass is 492 g/mol. The van der Waals surface area contributed by atoms with E-state index in [1.807, 2.05) is 0 Å². The third-order valence-electron chi connectivity index (χ3n) is 5.73. The number of primary amides is 1. The van der Waals surface area contributed by atoms with E-state index in [1.54, 1.807) is 18.2 Å². The Morgan fingerprint density at radius 3 is 2.65 bits per heavy atom. The highest BCUT2D eigenvalue weighted by Crippen LogP contribution is 2.27. The Hall–Kier alpha value is -3.53. The van der Waals surface area contributed by atoms with E-state index in [4.69, 9.17) is 17.3 Å². The first-order valence-corrected chi connectivity index (χ1v) is 10.8. The Morgan fingerprint density at radius 2 is 1.94 bits per heavy atom. The summed E-state index contributed by atoms with van der Waals surface area (Å²) in [6, 6.07) is 7.74. The van der Waals surface area contributed by atoms with Crippen molar-refractivity contribution >= 4 is 40.3 Å². The lowest BCUT2D eigenvalue weighted by molar-refractivity contribution is -0.156. The summed E-state index contributed by atoms with van der Waals surface area (Å²) in [4.78, 5) is 38.5. The summed E-state index contributed by atoms with van der Waals surface area (Å²) in [5.74, 6) is -2.31. The maximum atomic E-state index is 14.7. The van der Waals surface area contributed by atoms with Gasteiger partial charge < -0.3 is 10.6 Å². The van der Waals surface area contributed by atoms with E-state index in [2.05, 4.69) is 0 Å². The van der Waals surface area contributed by atoms with E-state index in [0.717, 1.165) is 21.6 Å². The number of nitrogens with zero attached hydrogens (tertiary/aromatic N) is 3. The number of hydrogen-bond acceptors (Lipinski definition) is 3. The SMILES string of the molecule is NC(=O)n1cc(CC(=O)N2C[C@H](F)C[C@H]2C(=O)N(F)Cc2cccc(Cl)c2)c2cc(F)ccc21. The summed E-state index contributed by atoms with van der Waals surface area (Å²) >= 11 is 5.89. The van der Waals surface area contributed by atoms with Crippen LogP contribution in [0.4, 0.5) is 18.1 Å².